The molecule has 2 aromatic heterocycles. The summed E-state index contributed by atoms with van der Waals surface area (Å²) in [5.41, 5.74) is 3.44. The third-order valence-corrected chi connectivity index (χ3v) is 6.34. The van der Waals surface area contributed by atoms with E-state index in [4.69, 9.17) is 0 Å². The van der Waals surface area contributed by atoms with Gasteiger partial charge in [-0.3, -0.25) is 9.59 Å². The number of hydrogen-bond donors (Lipinski definition) is 1. The van der Waals surface area contributed by atoms with Gasteiger partial charge in [0.05, 0.1) is 11.9 Å². The number of anilines is 1. The summed E-state index contributed by atoms with van der Waals surface area (Å²) in [6, 6.07) is 17.9. The molecule has 5 rings (SSSR count). The zero-order valence-corrected chi connectivity index (χ0v) is 19.3. The number of aryl methyl sites for hydroxylation is 1. The second-order valence-corrected chi connectivity index (χ2v) is 8.71. The highest BCUT2D eigenvalue weighted by Crippen LogP contribution is 2.25. The van der Waals surface area contributed by atoms with Crippen molar-refractivity contribution in [3.05, 3.63) is 82.5 Å². The summed E-state index contributed by atoms with van der Waals surface area (Å²) in [4.78, 5) is 37.1. The number of carbonyl (C=O) groups excluding carboxylic acids is 1. The monoisotopic (exact) mass is 456 g/mol. The van der Waals surface area contributed by atoms with Crippen molar-refractivity contribution in [3.8, 4) is 5.69 Å². The minimum absolute atomic E-state index is 0.00976. The van der Waals surface area contributed by atoms with Gasteiger partial charge < -0.3 is 14.8 Å². The third-order valence-electron chi connectivity index (χ3n) is 6.34. The van der Waals surface area contributed by atoms with Gasteiger partial charge in [0.25, 0.3) is 5.56 Å². The van der Waals surface area contributed by atoms with E-state index < -0.39 is 0 Å². The maximum absolute atomic E-state index is 12.9. The van der Waals surface area contributed by atoms with Gasteiger partial charge in [0.2, 0.25) is 5.91 Å². The Morgan fingerprint density at radius 2 is 1.79 bits per heavy atom. The summed E-state index contributed by atoms with van der Waals surface area (Å²) >= 11 is 0. The molecule has 1 aliphatic heterocycles. The lowest BCUT2D eigenvalue weighted by Gasteiger charge is -2.24. The minimum Gasteiger partial charge on any atom is -0.371 e. The van der Waals surface area contributed by atoms with Gasteiger partial charge in [0, 0.05) is 45.2 Å². The number of hydrogen-bond acceptors (Lipinski definition) is 5. The van der Waals surface area contributed by atoms with Gasteiger partial charge in [-0.05, 0) is 36.6 Å². The van der Waals surface area contributed by atoms with Crippen LogP contribution in [0.15, 0.2) is 65.6 Å². The number of fused-ring (bicyclic) bond motifs is 1. The summed E-state index contributed by atoms with van der Waals surface area (Å²) in [6.45, 7) is 2.68. The van der Waals surface area contributed by atoms with Crippen molar-refractivity contribution in [2.75, 3.05) is 25.0 Å². The molecule has 3 heterocycles. The lowest BCUT2D eigenvalue weighted by molar-refractivity contribution is -0.130. The normalized spacial score (nSPS) is 13.5. The number of aromatic nitrogens is 4. The lowest BCUT2D eigenvalue weighted by atomic mass is 10.1. The Morgan fingerprint density at radius 3 is 2.59 bits per heavy atom. The van der Waals surface area contributed by atoms with Crippen LogP contribution >= 0.6 is 0 Å². The molecule has 0 radical (unpaired) electrons. The maximum Gasteiger partial charge on any atom is 0.262 e. The van der Waals surface area contributed by atoms with E-state index in [0.717, 1.165) is 24.3 Å². The van der Waals surface area contributed by atoms with Crippen molar-refractivity contribution in [2.45, 2.75) is 32.2 Å². The molecule has 1 amide bonds. The standard InChI is InChI=1S/C26H28N6O2/c1-30(18-19-9-5-6-12-22(19)31-15-7-8-16-31)24(33)14-13-23-28-25-21(26(34)29-23)17-27-32(25)20-10-3-2-4-11-20/h2-6,9-12,17H,7-8,13-16,18H2,1H3,(H,28,29,34). The summed E-state index contributed by atoms with van der Waals surface area (Å²) in [5.74, 6) is 0.491. The van der Waals surface area contributed by atoms with Crippen molar-refractivity contribution < 1.29 is 4.79 Å². The molecule has 0 unspecified atom stereocenters. The molecular formula is C26H28N6O2. The first-order valence-electron chi connectivity index (χ1n) is 11.7. The van der Waals surface area contributed by atoms with Crippen LogP contribution in [-0.4, -0.2) is 50.7 Å². The molecule has 0 atom stereocenters. The van der Waals surface area contributed by atoms with Gasteiger partial charge >= 0.3 is 0 Å². The second-order valence-electron chi connectivity index (χ2n) is 8.71. The van der Waals surface area contributed by atoms with Crippen LogP contribution in [0.3, 0.4) is 0 Å². The molecule has 4 aromatic rings. The number of benzene rings is 2. The average Bonchev–Trinajstić information content (AvgIpc) is 3.54. The molecule has 1 aliphatic rings. The Hall–Kier alpha value is -3.94. The molecule has 8 heteroatoms. The summed E-state index contributed by atoms with van der Waals surface area (Å²) in [7, 11) is 1.83. The molecule has 0 bridgehead atoms. The Morgan fingerprint density at radius 1 is 1.06 bits per heavy atom. The number of amides is 1. The minimum atomic E-state index is -0.248. The van der Waals surface area contributed by atoms with Crippen LogP contribution in [0.1, 0.15) is 30.7 Å². The van der Waals surface area contributed by atoms with Gasteiger partial charge in [0.15, 0.2) is 5.65 Å². The first kappa shape index (κ1) is 21.9. The van der Waals surface area contributed by atoms with E-state index in [2.05, 4.69) is 38.2 Å². The molecule has 0 aliphatic carbocycles. The molecule has 174 valence electrons. The second kappa shape index (κ2) is 9.51. The predicted molar refractivity (Wildman–Crippen MR) is 132 cm³/mol. The molecule has 0 saturated carbocycles. The van der Waals surface area contributed by atoms with E-state index >= 15 is 0 Å². The van der Waals surface area contributed by atoms with Gasteiger partial charge in [-0.25, -0.2) is 9.67 Å². The van der Waals surface area contributed by atoms with Crippen LogP contribution in [0.2, 0.25) is 0 Å². The fraction of sp³-hybridized carbons (Fsp3) is 0.308. The maximum atomic E-state index is 12.9. The van der Waals surface area contributed by atoms with Gasteiger partial charge in [-0.1, -0.05) is 36.4 Å². The molecule has 8 nitrogen and oxygen atoms in total. The van der Waals surface area contributed by atoms with E-state index in [9.17, 15) is 9.59 Å². The van der Waals surface area contributed by atoms with Gasteiger partial charge in [-0.2, -0.15) is 5.10 Å². The van der Waals surface area contributed by atoms with E-state index in [0.29, 0.717) is 29.8 Å². The summed E-state index contributed by atoms with van der Waals surface area (Å²) in [6.07, 6.45) is 4.55. The number of aromatic amines is 1. The topological polar surface area (TPSA) is 87.1 Å². The fourth-order valence-electron chi connectivity index (χ4n) is 4.51. The smallest absolute Gasteiger partial charge is 0.262 e. The number of nitrogens with zero attached hydrogens (tertiary/aromatic N) is 5. The molecule has 2 aromatic carbocycles. The molecule has 34 heavy (non-hydrogen) atoms. The first-order chi connectivity index (χ1) is 16.6. The van der Waals surface area contributed by atoms with Crippen LogP contribution < -0.4 is 10.5 Å². The van der Waals surface area contributed by atoms with Crippen LogP contribution in [0, 0.1) is 0 Å². The van der Waals surface area contributed by atoms with Crippen molar-refractivity contribution >= 4 is 22.6 Å². The van der Waals surface area contributed by atoms with E-state index in [1.54, 1.807) is 9.58 Å². The van der Waals surface area contributed by atoms with Crippen molar-refractivity contribution in [3.63, 3.8) is 0 Å². The largest absolute Gasteiger partial charge is 0.371 e. The number of para-hydroxylation sites is 2. The van der Waals surface area contributed by atoms with Crippen molar-refractivity contribution in [1.29, 1.82) is 0 Å². The van der Waals surface area contributed by atoms with Crippen LogP contribution in [0.5, 0.6) is 0 Å². The van der Waals surface area contributed by atoms with Crippen LogP contribution in [0.4, 0.5) is 5.69 Å². The Bertz CT molecular complexity index is 1350. The molecule has 1 saturated heterocycles. The average molecular weight is 457 g/mol. The fourth-order valence-corrected chi connectivity index (χ4v) is 4.51. The Balaban J connectivity index is 1.29. The van der Waals surface area contributed by atoms with E-state index in [-0.39, 0.29) is 17.9 Å². The number of carbonyl (C=O) groups is 1. The number of nitrogens with one attached hydrogen (secondary N) is 1. The highest BCUT2D eigenvalue weighted by atomic mass is 16.2. The molecule has 1 fully saturated rings. The highest BCUT2D eigenvalue weighted by molar-refractivity contribution is 5.77. The lowest BCUT2D eigenvalue weighted by Crippen LogP contribution is -2.28. The van der Waals surface area contributed by atoms with Gasteiger partial charge in [0.1, 0.15) is 11.2 Å². The highest BCUT2D eigenvalue weighted by Gasteiger charge is 2.18. The van der Waals surface area contributed by atoms with E-state index in [1.165, 1.54) is 24.7 Å². The van der Waals surface area contributed by atoms with Crippen LogP contribution in [-0.2, 0) is 17.8 Å². The summed E-state index contributed by atoms with van der Waals surface area (Å²) < 4.78 is 1.65. The molecule has 0 spiro atoms. The van der Waals surface area contributed by atoms with Crippen LogP contribution in [0.25, 0.3) is 16.7 Å². The quantitative estimate of drug-likeness (QED) is 0.461. The van der Waals surface area contributed by atoms with Crippen molar-refractivity contribution in [1.82, 2.24) is 24.6 Å². The van der Waals surface area contributed by atoms with Crippen molar-refractivity contribution in [2.24, 2.45) is 0 Å². The van der Waals surface area contributed by atoms with E-state index in [1.807, 2.05) is 43.4 Å². The zero-order valence-electron chi connectivity index (χ0n) is 19.3. The number of rotatable bonds is 7. The molecule has 1 N–H and O–H groups in total. The third kappa shape index (κ3) is 4.44. The molecular weight excluding hydrogens is 428 g/mol. The van der Waals surface area contributed by atoms with Gasteiger partial charge in [-0.15, -0.1) is 0 Å². The first-order valence-corrected chi connectivity index (χ1v) is 11.7. The number of H-pyrrole nitrogens is 1. The Kier molecular flexibility index (Phi) is 6.12. The zero-order chi connectivity index (χ0) is 23.5. The summed E-state index contributed by atoms with van der Waals surface area (Å²) in [5, 5.41) is 4.76. The Labute approximate surface area is 197 Å². The predicted octanol–water partition coefficient (Wildman–Crippen LogP) is 3.30. The SMILES string of the molecule is CN(Cc1ccccc1N1CCCC1)C(=O)CCc1nc2c(cnn2-c2ccccc2)c(=O)[nH]1.